The quantitative estimate of drug-likeness (QED) is 0.494. The van der Waals surface area contributed by atoms with E-state index in [-0.39, 0.29) is 26.8 Å². The van der Waals surface area contributed by atoms with E-state index in [1.54, 1.807) is 12.1 Å². The highest BCUT2D eigenvalue weighted by atomic mass is 32.2. The first-order valence-corrected chi connectivity index (χ1v) is 12.2. The van der Waals surface area contributed by atoms with Gasteiger partial charge in [0.2, 0.25) is 9.47 Å². The van der Waals surface area contributed by atoms with Crippen molar-refractivity contribution in [2.24, 2.45) is 0 Å². The fourth-order valence-electron chi connectivity index (χ4n) is 3.37. The summed E-state index contributed by atoms with van der Waals surface area (Å²) in [5.74, 6) is -0.369. The van der Waals surface area contributed by atoms with Gasteiger partial charge in [0.15, 0.2) is 0 Å². The molecule has 2 aromatic carbocycles. The normalized spacial score (nSPS) is 13.0. The van der Waals surface area contributed by atoms with E-state index in [1.165, 1.54) is 0 Å². The first kappa shape index (κ1) is 23.1. The highest BCUT2D eigenvalue weighted by Crippen LogP contribution is 2.29. The van der Waals surface area contributed by atoms with Crippen LogP contribution in [-0.4, -0.2) is 30.6 Å². The Labute approximate surface area is 187 Å². The van der Waals surface area contributed by atoms with Gasteiger partial charge in [0.25, 0.3) is 15.9 Å². The van der Waals surface area contributed by atoms with E-state index in [4.69, 9.17) is 0 Å². The number of benzene rings is 2. The summed E-state index contributed by atoms with van der Waals surface area (Å²) in [6.45, 7) is 7.91. The van der Waals surface area contributed by atoms with Crippen molar-refractivity contribution < 1.29 is 13.2 Å². The Hall–Kier alpha value is -2.62. The van der Waals surface area contributed by atoms with E-state index in [9.17, 15) is 13.2 Å². The van der Waals surface area contributed by atoms with Gasteiger partial charge >= 0.3 is 0 Å². The van der Waals surface area contributed by atoms with Crippen molar-refractivity contribution in [1.82, 2.24) is 14.9 Å². The van der Waals surface area contributed by atoms with Gasteiger partial charge in [-0.15, -0.1) is 10.2 Å². The fourth-order valence-corrected chi connectivity index (χ4v) is 5.53. The zero-order chi connectivity index (χ0) is 22.6. The summed E-state index contributed by atoms with van der Waals surface area (Å²) in [6.07, 6.45) is 0.603. The summed E-state index contributed by atoms with van der Waals surface area (Å²) >= 11 is 0.818. The molecule has 0 saturated carbocycles. The first-order valence-electron chi connectivity index (χ1n) is 9.86. The van der Waals surface area contributed by atoms with E-state index in [1.807, 2.05) is 56.3 Å². The molecule has 9 heteroatoms. The van der Waals surface area contributed by atoms with Gasteiger partial charge in [0.1, 0.15) is 0 Å². The maximum absolute atomic E-state index is 12.8. The third-order valence-electron chi connectivity index (χ3n) is 4.90. The van der Waals surface area contributed by atoms with Gasteiger partial charge in [-0.3, -0.25) is 10.1 Å². The van der Waals surface area contributed by atoms with Crippen LogP contribution in [0.25, 0.3) is 0 Å². The summed E-state index contributed by atoms with van der Waals surface area (Å²) in [6, 6.07) is 16.7. The molecule has 31 heavy (non-hydrogen) atoms. The average molecular weight is 459 g/mol. The number of aryl methyl sites for hydroxylation is 1. The Kier molecular flexibility index (Phi) is 6.88. The molecule has 0 aliphatic heterocycles. The van der Waals surface area contributed by atoms with E-state index in [0.29, 0.717) is 12.0 Å². The zero-order valence-corrected chi connectivity index (χ0v) is 19.5. The lowest BCUT2D eigenvalue weighted by atomic mass is 9.79. The smallest absolute Gasteiger partial charge is 0.270 e. The SMILES string of the molecule is Cc1ccc(C(=O)Nc2nnc(S(=O)(=O)N[C@H](C)CC(C)(C)c3ccccc3)s2)cc1. The number of aromatic nitrogens is 2. The molecule has 0 spiro atoms. The van der Waals surface area contributed by atoms with Crippen molar-refractivity contribution in [2.45, 2.75) is 49.9 Å². The molecule has 1 aromatic heterocycles. The average Bonchev–Trinajstić information content (AvgIpc) is 3.18. The molecule has 0 unspecified atom stereocenters. The topological polar surface area (TPSA) is 101 Å². The molecule has 0 bridgehead atoms. The van der Waals surface area contributed by atoms with Crippen molar-refractivity contribution in [1.29, 1.82) is 0 Å². The van der Waals surface area contributed by atoms with E-state index >= 15 is 0 Å². The predicted molar refractivity (Wildman–Crippen MR) is 123 cm³/mol. The minimum atomic E-state index is -3.86. The van der Waals surface area contributed by atoms with E-state index in [2.05, 4.69) is 34.1 Å². The number of nitrogens with one attached hydrogen (secondary N) is 2. The maximum atomic E-state index is 12.8. The van der Waals surface area contributed by atoms with Crippen LogP contribution in [0.3, 0.4) is 0 Å². The predicted octanol–water partition coefficient (Wildman–Crippen LogP) is 4.13. The summed E-state index contributed by atoms with van der Waals surface area (Å²) in [4.78, 5) is 12.3. The molecule has 3 aromatic rings. The van der Waals surface area contributed by atoms with Crippen LogP contribution in [-0.2, 0) is 15.4 Å². The lowest BCUT2D eigenvalue weighted by Gasteiger charge is -2.28. The highest BCUT2D eigenvalue weighted by Gasteiger charge is 2.28. The fraction of sp³-hybridized carbons (Fsp3) is 0.318. The number of anilines is 1. The molecule has 1 atom stereocenters. The van der Waals surface area contributed by atoms with Gasteiger partial charge in [-0.05, 0) is 43.4 Å². The Morgan fingerprint density at radius 1 is 1.06 bits per heavy atom. The minimum absolute atomic E-state index is 0.128. The van der Waals surface area contributed by atoms with Crippen molar-refractivity contribution >= 4 is 32.4 Å². The molecule has 3 rings (SSSR count). The molecular formula is C22H26N4O3S2. The lowest BCUT2D eigenvalue weighted by Crippen LogP contribution is -2.37. The van der Waals surface area contributed by atoms with Crippen molar-refractivity contribution in [3.8, 4) is 0 Å². The third kappa shape index (κ3) is 5.96. The molecule has 1 heterocycles. The van der Waals surface area contributed by atoms with Crippen LogP contribution in [0.1, 0.15) is 48.7 Å². The first-order chi connectivity index (χ1) is 14.6. The number of nitrogens with zero attached hydrogens (tertiary/aromatic N) is 2. The number of carbonyl (C=O) groups is 1. The molecule has 164 valence electrons. The second-order valence-corrected chi connectivity index (χ2v) is 11.0. The Morgan fingerprint density at radius 3 is 2.35 bits per heavy atom. The summed E-state index contributed by atoms with van der Waals surface area (Å²) in [5, 5.41) is 10.3. The molecule has 7 nitrogen and oxygen atoms in total. The van der Waals surface area contributed by atoms with Gasteiger partial charge in [0.05, 0.1) is 0 Å². The van der Waals surface area contributed by atoms with Crippen molar-refractivity contribution in [3.63, 3.8) is 0 Å². The van der Waals surface area contributed by atoms with Gasteiger partial charge in [0, 0.05) is 11.6 Å². The molecule has 0 aliphatic carbocycles. The van der Waals surface area contributed by atoms with Gasteiger partial charge < -0.3 is 0 Å². The van der Waals surface area contributed by atoms with Crippen molar-refractivity contribution in [2.75, 3.05) is 5.32 Å². The summed E-state index contributed by atoms with van der Waals surface area (Å²) in [5.41, 5.74) is 2.42. The second-order valence-electron chi connectivity index (χ2n) is 8.17. The molecule has 0 radical (unpaired) electrons. The van der Waals surface area contributed by atoms with E-state index < -0.39 is 10.0 Å². The molecular weight excluding hydrogens is 432 g/mol. The van der Waals surface area contributed by atoms with E-state index in [0.717, 1.165) is 22.5 Å². The second kappa shape index (κ2) is 9.25. The zero-order valence-electron chi connectivity index (χ0n) is 17.9. The maximum Gasteiger partial charge on any atom is 0.270 e. The molecule has 0 aliphatic rings. The standard InChI is InChI=1S/C22H26N4O3S2/c1-15-10-12-17(13-11-15)19(27)23-20-24-25-21(30-20)31(28,29)26-16(2)14-22(3,4)18-8-6-5-7-9-18/h5-13,16,26H,14H2,1-4H3,(H,23,24,27)/t16-/m1/s1. The van der Waals surface area contributed by atoms with Gasteiger partial charge in [-0.1, -0.05) is 73.2 Å². The number of hydrogen-bond donors (Lipinski definition) is 2. The lowest BCUT2D eigenvalue weighted by molar-refractivity contribution is 0.102. The number of amides is 1. The number of carbonyl (C=O) groups excluding carboxylic acids is 1. The molecule has 1 amide bonds. The summed E-state index contributed by atoms with van der Waals surface area (Å²) in [7, 11) is -3.86. The number of sulfonamides is 1. The minimum Gasteiger partial charge on any atom is -0.296 e. The molecule has 0 fully saturated rings. The molecule has 0 saturated heterocycles. The van der Waals surface area contributed by atoms with Crippen LogP contribution >= 0.6 is 11.3 Å². The third-order valence-corrected chi connectivity index (χ3v) is 7.69. The Morgan fingerprint density at radius 2 is 1.71 bits per heavy atom. The van der Waals surface area contributed by atoms with Crippen LogP contribution in [0.15, 0.2) is 58.9 Å². The van der Waals surface area contributed by atoms with Crippen LogP contribution in [0.4, 0.5) is 5.13 Å². The largest absolute Gasteiger partial charge is 0.296 e. The van der Waals surface area contributed by atoms with Crippen LogP contribution in [0.5, 0.6) is 0 Å². The number of hydrogen-bond acceptors (Lipinski definition) is 6. The molecule has 2 N–H and O–H groups in total. The van der Waals surface area contributed by atoms with Gasteiger partial charge in [-0.2, -0.15) is 0 Å². The van der Waals surface area contributed by atoms with Crippen LogP contribution < -0.4 is 10.0 Å². The van der Waals surface area contributed by atoms with Crippen LogP contribution in [0, 0.1) is 6.92 Å². The number of rotatable bonds is 8. The Balaban J connectivity index is 1.65. The Bertz CT molecular complexity index is 1140. The van der Waals surface area contributed by atoms with Crippen LogP contribution in [0.2, 0.25) is 0 Å². The van der Waals surface area contributed by atoms with Gasteiger partial charge in [-0.25, -0.2) is 13.1 Å². The monoisotopic (exact) mass is 458 g/mol. The summed E-state index contributed by atoms with van der Waals surface area (Å²) < 4.78 is 28.0. The van der Waals surface area contributed by atoms with Crippen molar-refractivity contribution in [3.05, 3.63) is 71.3 Å². The highest BCUT2D eigenvalue weighted by molar-refractivity contribution is 7.91.